The summed E-state index contributed by atoms with van der Waals surface area (Å²) in [5.74, 6) is 0.483. The summed E-state index contributed by atoms with van der Waals surface area (Å²) in [5, 5.41) is 12.6. The van der Waals surface area contributed by atoms with E-state index in [1.54, 1.807) is 5.51 Å². The fourth-order valence-corrected chi connectivity index (χ4v) is 3.84. The standard InChI is InChI=1S/C11H15N4O4PS/c16-3-6-1-7(2-8(6)19-20(17)18)15-10-9-11(13-4-12-10)21-5-14-9/h4-8,16,20H,1-3H2,(H,17,18)(H,12,13,15)/t6?,7-,8+/m1/s1. The van der Waals surface area contributed by atoms with E-state index in [1.165, 1.54) is 17.7 Å². The van der Waals surface area contributed by atoms with E-state index in [2.05, 4.69) is 20.3 Å². The highest BCUT2D eigenvalue weighted by Crippen LogP contribution is 2.36. The van der Waals surface area contributed by atoms with Gasteiger partial charge in [0.1, 0.15) is 16.7 Å². The van der Waals surface area contributed by atoms with Gasteiger partial charge in [-0.1, -0.05) is 0 Å². The Morgan fingerprint density at radius 2 is 2.29 bits per heavy atom. The molecule has 0 saturated heterocycles. The van der Waals surface area contributed by atoms with Crippen LogP contribution in [0.2, 0.25) is 0 Å². The first-order valence-corrected chi connectivity index (χ1v) is 8.63. The first kappa shape index (κ1) is 14.8. The van der Waals surface area contributed by atoms with Crippen molar-refractivity contribution in [1.82, 2.24) is 15.0 Å². The van der Waals surface area contributed by atoms with Crippen LogP contribution in [0.5, 0.6) is 0 Å². The van der Waals surface area contributed by atoms with Crippen LogP contribution in [-0.4, -0.2) is 43.7 Å². The maximum atomic E-state index is 10.9. The number of anilines is 1. The molecule has 2 unspecified atom stereocenters. The third kappa shape index (κ3) is 3.22. The molecule has 1 fully saturated rings. The van der Waals surface area contributed by atoms with Crippen LogP contribution in [0.4, 0.5) is 5.82 Å². The van der Waals surface area contributed by atoms with E-state index in [4.69, 9.17) is 9.42 Å². The zero-order chi connectivity index (χ0) is 14.8. The molecule has 3 N–H and O–H groups in total. The van der Waals surface area contributed by atoms with E-state index in [1.807, 2.05) is 0 Å². The minimum atomic E-state index is -3.01. The Morgan fingerprint density at radius 1 is 1.43 bits per heavy atom. The van der Waals surface area contributed by atoms with Crippen LogP contribution in [0.3, 0.4) is 0 Å². The van der Waals surface area contributed by atoms with E-state index >= 15 is 0 Å². The SMILES string of the molecule is O=[PH](O)O[C@H]1C[C@H](Nc2ncnc3scnc23)CC1CO. The van der Waals surface area contributed by atoms with Gasteiger partial charge < -0.3 is 19.8 Å². The zero-order valence-electron chi connectivity index (χ0n) is 11.0. The molecule has 0 radical (unpaired) electrons. The van der Waals surface area contributed by atoms with Crippen LogP contribution >= 0.6 is 19.6 Å². The summed E-state index contributed by atoms with van der Waals surface area (Å²) in [5.41, 5.74) is 2.42. The normalized spacial score (nSPS) is 27.0. The van der Waals surface area contributed by atoms with Crippen molar-refractivity contribution < 1.29 is 19.1 Å². The molecule has 8 nitrogen and oxygen atoms in total. The molecule has 10 heteroatoms. The summed E-state index contributed by atoms with van der Waals surface area (Å²) in [6, 6.07) is 0.00769. The number of hydrogen-bond acceptors (Lipinski definition) is 8. The van der Waals surface area contributed by atoms with Crippen LogP contribution in [0, 0.1) is 5.92 Å². The minimum Gasteiger partial charge on any atom is -0.396 e. The molecule has 1 aliphatic carbocycles. The second-order valence-electron chi connectivity index (χ2n) is 4.91. The van der Waals surface area contributed by atoms with E-state index in [0.717, 1.165) is 4.83 Å². The number of thiazole rings is 1. The number of aliphatic hydroxyl groups is 1. The molecule has 0 spiro atoms. The highest BCUT2D eigenvalue weighted by atomic mass is 32.1. The molecule has 3 rings (SSSR count). The number of aliphatic hydroxyl groups excluding tert-OH is 1. The monoisotopic (exact) mass is 330 g/mol. The van der Waals surface area contributed by atoms with Crippen LogP contribution in [0.1, 0.15) is 12.8 Å². The number of hydrogen-bond donors (Lipinski definition) is 3. The molecule has 0 amide bonds. The quantitative estimate of drug-likeness (QED) is 0.696. The van der Waals surface area contributed by atoms with Gasteiger partial charge in [-0.15, -0.1) is 11.3 Å². The van der Waals surface area contributed by atoms with Crippen molar-refractivity contribution in [2.24, 2.45) is 5.92 Å². The molecular formula is C11H15N4O4PS. The zero-order valence-corrected chi connectivity index (χ0v) is 12.8. The summed E-state index contributed by atoms with van der Waals surface area (Å²) in [6.45, 7) is -0.0755. The highest BCUT2D eigenvalue weighted by molar-refractivity contribution is 7.32. The van der Waals surface area contributed by atoms with Gasteiger partial charge in [0, 0.05) is 18.6 Å². The number of rotatable bonds is 5. The lowest BCUT2D eigenvalue weighted by Crippen LogP contribution is -2.18. The molecule has 114 valence electrons. The average Bonchev–Trinajstić information content (AvgIpc) is 3.05. The summed E-state index contributed by atoms with van der Waals surface area (Å²) in [6.07, 6.45) is 2.24. The lowest BCUT2D eigenvalue weighted by atomic mass is 10.1. The molecule has 2 aromatic rings. The number of aromatic nitrogens is 3. The Hall–Kier alpha value is -1.12. The van der Waals surface area contributed by atoms with Crippen molar-refractivity contribution in [3.63, 3.8) is 0 Å². The Morgan fingerprint density at radius 3 is 3.05 bits per heavy atom. The number of nitrogens with zero attached hydrogens (tertiary/aromatic N) is 3. The van der Waals surface area contributed by atoms with Gasteiger partial charge in [0.15, 0.2) is 5.82 Å². The second-order valence-corrected chi connectivity index (χ2v) is 6.51. The lowest BCUT2D eigenvalue weighted by molar-refractivity contribution is 0.106. The average molecular weight is 330 g/mol. The highest BCUT2D eigenvalue weighted by Gasteiger charge is 2.36. The fraction of sp³-hybridized carbons (Fsp3) is 0.545. The summed E-state index contributed by atoms with van der Waals surface area (Å²) >= 11 is 1.44. The first-order chi connectivity index (χ1) is 10.2. The molecular weight excluding hydrogens is 315 g/mol. The molecule has 21 heavy (non-hydrogen) atoms. The predicted molar refractivity (Wildman–Crippen MR) is 78.5 cm³/mol. The minimum absolute atomic E-state index is 0.00769. The van der Waals surface area contributed by atoms with E-state index in [-0.39, 0.29) is 18.6 Å². The van der Waals surface area contributed by atoms with Crippen molar-refractivity contribution in [2.75, 3.05) is 11.9 Å². The van der Waals surface area contributed by atoms with Gasteiger partial charge in [0.2, 0.25) is 0 Å². The van der Waals surface area contributed by atoms with Crippen LogP contribution < -0.4 is 5.32 Å². The maximum absolute atomic E-state index is 10.9. The molecule has 0 aromatic carbocycles. The lowest BCUT2D eigenvalue weighted by Gasteiger charge is -2.15. The molecule has 0 bridgehead atoms. The van der Waals surface area contributed by atoms with Crippen molar-refractivity contribution in [1.29, 1.82) is 0 Å². The van der Waals surface area contributed by atoms with Gasteiger partial charge in [-0.05, 0) is 12.8 Å². The van der Waals surface area contributed by atoms with Gasteiger partial charge in [-0.2, -0.15) is 0 Å². The molecule has 2 aromatic heterocycles. The van der Waals surface area contributed by atoms with Gasteiger partial charge in [0.05, 0.1) is 11.6 Å². The van der Waals surface area contributed by atoms with Crippen LogP contribution in [-0.2, 0) is 9.09 Å². The molecule has 1 aliphatic rings. The Bertz CT molecular complexity index is 654. The van der Waals surface area contributed by atoms with E-state index < -0.39 is 14.4 Å². The molecule has 4 atom stereocenters. The largest absolute Gasteiger partial charge is 0.396 e. The maximum Gasteiger partial charge on any atom is 0.316 e. The molecule has 0 aliphatic heterocycles. The Balaban J connectivity index is 1.74. The van der Waals surface area contributed by atoms with Gasteiger partial charge in [-0.25, -0.2) is 15.0 Å². The van der Waals surface area contributed by atoms with Crippen molar-refractivity contribution in [2.45, 2.75) is 25.0 Å². The van der Waals surface area contributed by atoms with Crippen molar-refractivity contribution in [3.8, 4) is 0 Å². The second kappa shape index (κ2) is 6.33. The first-order valence-electron chi connectivity index (χ1n) is 6.48. The summed E-state index contributed by atoms with van der Waals surface area (Å²) < 4.78 is 15.9. The summed E-state index contributed by atoms with van der Waals surface area (Å²) in [4.78, 5) is 22.3. The topological polar surface area (TPSA) is 117 Å². The fourth-order valence-electron chi connectivity index (χ4n) is 2.66. The smallest absolute Gasteiger partial charge is 0.316 e. The van der Waals surface area contributed by atoms with Crippen LogP contribution in [0.15, 0.2) is 11.8 Å². The predicted octanol–water partition coefficient (Wildman–Crippen LogP) is 1.04. The molecule has 2 heterocycles. The van der Waals surface area contributed by atoms with E-state index in [0.29, 0.717) is 24.2 Å². The third-order valence-corrected chi connectivity index (χ3v) is 4.83. The van der Waals surface area contributed by atoms with Gasteiger partial charge >= 0.3 is 8.25 Å². The number of fused-ring (bicyclic) bond motifs is 1. The Labute approximate surface area is 125 Å². The van der Waals surface area contributed by atoms with Crippen molar-refractivity contribution >= 4 is 35.8 Å². The van der Waals surface area contributed by atoms with E-state index in [9.17, 15) is 9.67 Å². The molecule has 1 saturated carbocycles. The Kier molecular flexibility index (Phi) is 4.46. The third-order valence-electron chi connectivity index (χ3n) is 3.59. The van der Waals surface area contributed by atoms with Crippen LogP contribution in [0.25, 0.3) is 10.3 Å². The van der Waals surface area contributed by atoms with Gasteiger partial charge in [-0.3, -0.25) is 4.57 Å². The van der Waals surface area contributed by atoms with Crippen molar-refractivity contribution in [3.05, 3.63) is 11.8 Å². The summed E-state index contributed by atoms with van der Waals surface area (Å²) in [7, 11) is -3.01. The number of nitrogens with one attached hydrogen (secondary N) is 1. The van der Waals surface area contributed by atoms with Gasteiger partial charge in [0.25, 0.3) is 0 Å².